The van der Waals surface area contributed by atoms with Crippen molar-refractivity contribution in [3.8, 4) is 0 Å². The molecule has 0 bridgehead atoms. The number of aromatic amines is 1. The minimum atomic E-state index is -4.37. The molecule has 19 nitrogen and oxygen atoms in total. The number of anilines is 2. The van der Waals surface area contributed by atoms with Crippen molar-refractivity contribution in [2.75, 3.05) is 31.3 Å². The van der Waals surface area contributed by atoms with Gasteiger partial charge in [-0.2, -0.15) is 9.67 Å². The quantitative estimate of drug-likeness (QED) is 0.112. The van der Waals surface area contributed by atoms with Crippen molar-refractivity contribution in [3.63, 3.8) is 0 Å². The van der Waals surface area contributed by atoms with Crippen LogP contribution in [-0.4, -0.2) is 110 Å². The maximum Gasteiger partial charge on any atom is 0.325 e. The molecule has 0 spiro atoms. The number of H-pyrrole nitrogens is 1. The van der Waals surface area contributed by atoms with Crippen molar-refractivity contribution in [1.29, 1.82) is 0 Å². The van der Waals surface area contributed by atoms with Crippen LogP contribution in [0.1, 0.15) is 6.23 Å². The van der Waals surface area contributed by atoms with Gasteiger partial charge in [-0.3, -0.25) is 18.9 Å². The van der Waals surface area contributed by atoms with Crippen molar-refractivity contribution in [2.45, 2.75) is 42.6 Å². The molecular weight excluding hydrogens is 611 g/mol. The number of aliphatic hydroxyl groups is 2. The minimum Gasteiger partial charge on any atom is -0.394 e. The van der Waals surface area contributed by atoms with E-state index in [-0.39, 0.29) is 34.1 Å². The van der Waals surface area contributed by atoms with Crippen LogP contribution in [0.4, 0.5) is 20.5 Å². The topological polar surface area (TPSA) is 270 Å². The first-order valence-corrected chi connectivity index (χ1v) is 14.6. The van der Waals surface area contributed by atoms with Gasteiger partial charge in [0.15, 0.2) is 35.0 Å². The molecular formula is C19H22F2N11O8PS. The summed E-state index contributed by atoms with van der Waals surface area (Å²) < 4.78 is 54.7. The molecule has 8 atom stereocenters. The predicted octanol–water partition coefficient (Wildman–Crippen LogP) is -2.25. The van der Waals surface area contributed by atoms with E-state index in [2.05, 4.69) is 35.2 Å². The molecule has 42 heavy (non-hydrogen) atoms. The zero-order valence-electron chi connectivity index (χ0n) is 21.0. The second-order valence-electron chi connectivity index (χ2n) is 9.34. The number of imidazole rings is 1. The highest BCUT2D eigenvalue weighted by Gasteiger charge is 2.54. The van der Waals surface area contributed by atoms with Gasteiger partial charge in [-0.15, -0.1) is 5.10 Å². The molecule has 4 aromatic rings. The number of hydrogen-bond donors (Lipinski definition) is 6. The number of ether oxygens (including phenoxy) is 2. The Morgan fingerprint density at radius 3 is 2.81 bits per heavy atom. The lowest BCUT2D eigenvalue weighted by molar-refractivity contribution is -0.0577. The van der Waals surface area contributed by atoms with E-state index in [0.717, 1.165) is 21.9 Å². The van der Waals surface area contributed by atoms with Gasteiger partial charge < -0.3 is 40.6 Å². The van der Waals surface area contributed by atoms with Gasteiger partial charge in [-0.1, -0.05) is 5.21 Å². The Balaban J connectivity index is 1.19. The summed E-state index contributed by atoms with van der Waals surface area (Å²) >= 11 is 5.04. The summed E-state index contributed by atoms with van der Waals surface area (Å²) in [4.78, 5) is 40.8. The Hall–Kier alpha value is -3.34. The lowest BCUT2D eigenvalue weighted by Gasteiger charge is -2.27. The summed E-state index contributed by atoms with van der Waals surface area (Å²) in [5, 5.41) is 27.8. The maximum absolute atomic E-state index is 16.0. The van der Waals surface area contributed by atoms with Crippen molar-refractivity contribution in [3.05, 3.63) is 23.0 Å². The Bertz CT molecular complexity index is 1760. The van der Waals surface area contributed by atoms with Crippen LogP contribution in [0.15, 0.2) is 17.4 Å². The van der Waals surface area contributed by atoms with E-state index >= 15 is 8.78 Å². The molecule has 2 unspecified atom stereocenters. The van der Waals surface area contributed by atoms with Crippen LogP contribution < -0.4 is 17.0 Å². The summed E-state index contributed by atoms with van der Waals surface area (Å²) in [5.41, 5.74) is 10.3. The normalized spacial score (nSPS) is 31.3. The Morgan fingerprint density at radius 1 is 1.26 bits per heavy atom. The average Bonchev–Trinajstić information content (AvgIpc) is 3.70. The predicted molar refractivity (Wildman–Crippen MR) is 138 cm³/mol. The van der Waals surface area contributed by atoms with Crippen LogP contribution in [0, 0.1) is 0 Å². The van der Waals surface area contributed by atoms with Gasteiger partial charge in [0.05, 0.1) is 19.5 Å². The van der Waals surface area contributed by atoms with Crippen LogP contribution in [0.5, 0.6) is 0 Å². The smallest absolute Gasteiger partial charge is 0.325 e. The molecule has 0 amide bonds. The van der Waals surface area contributed by atoms with Crippen LogP contribution in [-0.2, 0) is 36.1 Å². The average molecular weight is 633 g/mol. The van der Waals surface area contributed by atoms with Gasteiger partial charge in [0, 0.05) is 0 Å². The first-order chi connectivity index (χ1) is 19.9. The van der Waals surface area contributed by atoms with Crippen molar-refractivity contribution < 1.29 is 42.4 Å². The fraction of sp³-hybridized carbons (Fsp3) is 0.526. The fourth-order valence-electron chi connectivity index (χ4n) is 4.69. The van der Waals surface area contributed by atoms with Crippen LogP contribution in [0.2, 0.25) is 0 Å². The standard InChI is InChI=1S/C19H22F2N11O8PS/c20-8-6(1-33)39-17(32-15-10(29-30-32)16(35)28-18(23)27-15)11(8)40-41(36,42)38-2-7-12(34)19(21,3-37-7)31-5-26-9-13(22)24-4-25-14(9)31/h4-8,11-12,17,33-34H,1-3H2,(H,36,42)(H2,22,24,25)(H3,23,27,28,35)/t6-,7-,8+,11-,12-,17-,19?,41?/m1/s1. The van der Waals surface area contributed by atoms with Gasteiger partial charge in [0.1, 0.15) is 42.9 Å². The summed E-state index contributed by atoms with van der Waals surface area (Å²) in [6, 6.07) is 0. The van der Waals surface area contributed by atoms with Gasteiger partial charge in [0.2, 0.25) is 11.7 Å². The van der Waals surface area contributed by atoms with Gasteiger partial charge >= 0.3 is 6.72 Å². The van der Waals surface area contributed by atoms with Gasteiger partial charge in [-0.05, 0) is 11.8 Å². The monoisotopic (exact) mass is 633 g/mol. The second kappa shape index (κ2) is 10.4. The highest BCUT2D eigenvalue weighted by Crippen LogP contribution is 2.51. The number of nitrogens with one attached hydrogen (secondary N) is 1. The molecule has 0 aliphatic carbocycles. The third-order valence-electron chi connectivity index (χ3n) is 6.76. The molecule has 8 N–H and O–H groups in total. The molecule has 23 heteroatoms. The Labute approximate surface area is 236 Å². The van der Waals surface area contributed by atoms with E-state index in [9.17, 15) is 19.9 Å². The molecule has 6 rings (SSSR count). The van der Waals surface area contributed by atoms with Crippen molar-refractivity contribution in [1.82, 2.24) is 44.5 Å². The van der Waals surface area contributed by atoms with Crippen molar-refractivity contribution in [2.24, 2.45) is 0 Å². The van der Waals surface area contributed by atoms with Crippen LogP contribution >= 0.6 is 6.72 Å². The first kappa shape index (κ1) is 28.8. The van der Waals surface area contributed by atoms with E-state index in [1.54, 1.807) is 0 Å². The summed E-state index contributed by atoms with van der Waals surface area (Å²) in [5.74, 6) is -2.86. The number of hydrogen-bond acceptors (Lipinski definition) is 16. The van der Waals surface area contributed by atoms with Crippen molar-refractivity contribution >= 4 is 52.6 Å². The number of fused-ring (bicyclic) bond motifs is 2. The lowest BCUT2D eigenvalue weighted by Crippen LogP contribution is -2.43. The van der Waals surface area contributed by atoms with Gasteiger partial charge in [0.25, 0.3) is 5.56 Å². The molecule has 2 saturated heterocycles. The molecule has 0 aromatic carbocycles. The number of rotatable bonds is 8. The van der Waals surface area contributed by atoms with Crippen LogP contribution in [0.3, 0.4) is 0 Å². The number of halogens is 2. The lowest BCUT2D eigenvalue weighted by atomic mass is 10.1. The van der Waals surface area contributed by atoms with E-state index in [0.29, 0.717) is 0 Å². The number of nitrogens with two attached hydrogens (primary N) is 2. The number of aliphatic hydroxyl groups excluding tert-OH is 2. The van der Waals surface area contributed by atoms with Crippen LogP contribution in [0.25, 0.3) is 22.3 Å². The molecule has 2 fully saturated rings. The highest BCUT2D eigenvalue weighted by molar-refractivity contribution is 8.07. The molecule has 2 aliphatic heterocycles. The number of nitrogens with zero attached hydrogens (tertiary/aromatic N) is 8. The molecule has 6 heterocycles. The molecule has 4 aromatic heterocycles. The second-order valence-corrected chi connectivity index (χ2v) is 12.1. The first-order valence-electron chi connectivity index (χ1n) is 12.0. The fourth-order valence-corrected chi connectivity index (χ4v) is 6.10. The summed E-state index contributed by atoms with van der Waals surface area (Å²) in [6.45, 7) is -6.51. The SMILES string of the molecule is Nc1nc2c(nnn2[C@@H]2O[C@H](CO)[C@H](F)[C@H]2OP(O)(=S)OC[C@H]2OCC(F)(n3cnc4c(N)ncnc43)[C@@H]2O)c(=O)[nH]1. The highest BCUT2D eigenvalue weighted by atomic mass is 32.5. The zero-order chi connectivity index (χ0) is 30.0. The summed E-state index contributed by atoms with van der Waals surface area (Å²) in [6.07, 6.45) is -7.87. The van der Waals surface area contributed by atoms with E-state index in [4.69, 9.17) is 41.8 Å². The zero-order valence-corrected chi connectivity index (χ0v) is 22.7. The summed E-state index contributed by atoms with van der Waals surface area (Å²) in [7, 11) is 0. The molecule has 226 valence electrons. The number of nitrogen functional groups attached to an aromatic ring is 2. The largest absolute Gasteiger partial charge is 0.394 e. The Kier molecular flexibility index (Phi) is 7.14. The maximum atomic E-state index is 16.0. The van der Waals surface area contributed by atoms with E-state index in [1.165, 1.54) is 0 Å². The van der Waals surface area contributed by atoms with E-state index < -0.39 is 74.7 Å². The molecule has 2 aliphatic rings. The molecule has 0 radical (unpaired) electrons. The minimum absolute atomic E-state index is 0.00231. The number of aromatic nitrogens is 9. The third-order valence-corrected chi connectivity index (χ3v) is 8.32. The number of alkyl halides is 2. The molecule has 0 saturated carbocycles. The third kappa shape index (κ3) is 4.69. The van der Waals surface area contributed by atoms with Gasteiger partial charge in [-0.25, -0.2) is 23.7 Å². The Morgan fingerprint density at radius 2 is 2.05 bits per heavy atom. The van der Waals surface area contributed by atoms with E-state index in [1.807, 2.05) is 0 Å².